The first-order valence-electron chi connectivity index (χ1n) is 10.7. The molecule has 3 heterocycles. The van der Waals surface area contributed by atoms with Crippen LogP contribution < -0.4 is 10.2 Å². The normalized spacial score (nSPS) is 18.4. The number of aromatic nitrogens is 2. The Labute approximate surface area is 188 Å². The van der Waals surface area contributed by atoms with Gasteiger partial charge in [-0.15, -0.1) is 0 Å². The average molecular weight is 461 g/mol. The van der Waals surface area contributed by atoms with Crippen LogP contribution in [-0.2, 0) is 14.8 Å². The number of rotatable bonds is 7. The minimum Gasteiger partial charge on any atom is -0.379 e. The van der Waals surface area contributed by atoms with E-state index < -0.39 is 10.0 Å². The van der Waals surface area contributed by atoms with Gasteiger partial charge in [-0.25, -0.2) is 18.4 Å². The van der Waals surface area contributed by atoms with E-state index in [0.29, 0.717) is 26.3 Å². The molecule has 0 saturated carbocycles. The fraction of sp³-hybridized carbons (Fsp3) is 0.476. The molecule has 1 amide bonds. The summed E-state index contributed by atoms with van der Waals surface area (Å²) >= 11 is 0. The average Bonchev–Trinajstić information content (AvgIpc) is 2.85. The highest BCUT2D eigenvalue weighted by atomic mass is 32.2. The standard InChI is InChI=1S/C21H28N6O4S/c28-20(18-4-1-2-5-19(18)32(29,30)27-14-16-31-17-15-27)22-8-9-25-10-12-26(13-11-25)21-23-6-3-7-24-21/h1-7H,8-17H2,(H,22,28). The Balaban J connectivity index is 1.31. The molecule has 10 nitrogen and oxygen atoms in total. The smallest absolute Gasteiger partial charge is 0.252 e. The third-order valence-corrected chi connectivity index (χ3v) is 7.60. The number of nitrogens with zero attached hydrogens (tertiary/aromatic N) is 5. The maximum absolute atomic E-state index is 13.0. The highest BCUT2D eigenvalue weighted by Crippen LogP contribution is 2.21. The van der Waals surface area contributed by atoms with E-state index in [4.69, 9.17) is 4.74 Å². The third-order valence-electron chi connectivity index (χ3n) is 5.64. The molecule has 0 unspecified atom stereocenters. The van der Waals surface area contributed by atoms with Crippen molar-refractivity contribution < 1.29 is 17.9 Å². The lowest BCUT2D eigenvalue weighted by molar-refractivity contribution is 0.0729. The number of sulfonamides is 1. The number of anilines is 1. The fourth-order valence-electron chi connectivity index (χ4n) is 3.85. The van der Waals surface area contributed by atoms with E-state index in [1.165, 1.54) is 10.4 Å². The molecule has 2 aromatic rings. The molecule has 0 spiro atoms. The van der Waals surface area contributed by atoms with Gasteiger partial charge >= 0.3 is 0 Å². The molecule has 32 heavy (non-hydrogen) atoms. The second kappa shape index (κ2) is 10.3. The lowest BCUT2D eigenvalue weighted by Gasteiger charge is -2.34. The summed E-state index contributed by atoms with van der Waals surface area (Å²) in [5.74, 6) is 0.354. The van der Waals surface area contributed by atoms with Crippen molar-refractivity contribution in [3.8, 4) is 0 Å². The van der Waals surface area contributed by atoms with Crippen LogP contribution in [0.1, 0.15) is 10.4 Å². The molecule has 0 atom stereocenters. The van der Waals surface area contributed by atoms with Gasteiger partial charge in [-0.05, 0) is 18.2 Å². The molecular weight excluding hydrogens is 432 g/mol. The number of nitrogens with one attached hydrogen (secondary N) is 1. The summed E-state index contributed by atoms with van der Waals surface area (Å²) in [5.41, 5.74) is 0.171. The summed E-state index contributed by atoms with van der Waals surface area (Å²) in [6, 6.07) is 8.16. The van der Waals surface area contributed by atoms with Crippen LogP contribution in [0.5, 0.6) is 0 Å². The summed E-state index contributed by atoms with van der Waals surface area (Å²) in [5, 5.41) is 2.88. The predicted molar refractivity (Wildman–Crippen MR) is 119 cm³/mol. The molecule has 172 valence electrons. The number of hydrogen-bond acceptors (Lipinski definition) is 8. The minimum absolute atomic E-state index is 0.0378. The van der Waals surface area contributed by atoms with Crippen LogP contribution in [0.25, 0.3) is 0 Å². The summed E-state index contributed by atoms with van der Waals surface area (Å²) in [7, 11) is -3.75. The number of ether oxygens (including phenoxy) is 1. The van der Waals surface area contributed by atoms with E-state index in [1.807, 2.05) is 0 Å². The number of amides is 1. The van der Waals surface area contributed by atoms with Gasteiger partial charge in [-0.2, -0.15) is 4.31 Å². The maximum atomic E-state index is 13.0. The van der Waals surface area contributed by atoms with Crippen LogP contribution in [0, 0.1) is 0 Å². The lowest BCUT2D eigenvalue weighted by Crippen LogP contribution is -2.49. The van der Waals surface area contributed by atoms with Gasteiger partial charge in [0.1, 0.15) is 0 Å². The van der Waals surface area contributed by atoms with E-state index in [1.54, 1.807) is 36.7 Å². The number of hydrogen-bond donors (Lipinski definition) is 1. The predicted octanol–water partition coefficient (Wildman–Crippen LogP) is 0.0495. The van der Waals surface area contributed by atoms with Gasteiger partial charge < -0.3 is 15.0 Å². The summed E-state index contributed by atoms with van der Waals surface area (Å²) in [6.07, 6.45) is 3.47. The Morgan fingerprint density at radius 3 is 2.38 bits per heavy atom. The third kappa shape index (κ3) is 5.23. The van der Waals surface area contributed by atoms with Crippen LogP contribution in [-0.4, -0.2) is 99.1 Å². The first-order chi connectivity index (χ1) is 15.6. The van der Waals surface area contributed by atoms with Crippen LogP contribution in [0.4, 0.5) is 5.95 Å². The van der Waals surface area contributed by atoms with E-state index in [9.17, 15) is 13.2 Å². The van der Waals surface area contributed by atoms with Crippen molar-refractivity contribution in [3.05, 3.63) is 48.3 Å². The first-order valence-corrected chi connectivity index (χ1v) is 12.2. The van der Waals surface area contributed by atoms with Crippen molar-refractivity contribution in [3.63, 3.8) is 0 Å². The molecule has 1 aromatic carbocycles. The molecule has 2 saturated heterocycles. The van der Waals surface area contributed by atoms with Gasteiger partial charge in [0.25, 0.3) is 5.91 Å². The van der Waals surface area contributed by atoms with Crippen LogP contribution in [0.2, 0.25) is 0 Å². The van der Waals surface area contributed by atoms with Crippen molar-refractivity contribution in [2.24, 2.45) is 0 Å². The second-order valence-electron chi connectivity index (χ2n) is 7.65. The van der Waals surface area contributed by atoms with Gasteiger partial charge in [0.2, 0.25) is 16.0 Å². The van der Waals surface area contributed by atoms with Crippen LogP contribution >= 0.6 is 0 Å². The van der Waals surface area contributed by atoms with Crippen molar-refractivity contribution in [2.45, 2.75) is 4.90 Å². The van der Waals surface area contributed by atoms with E-state index in [0.717, 1.165) is 32.1 Å². The molecule has 0 aliphatic carbocycles. The molecule has 1 N–H and O–H groups in total. The highest BCUT2D eigenvalue weighted by molar-refractivity contribution is 7.89. The van der Waals surface area contributed by atoms with Gasteiger partial charge in [0.05, 0.1) is 23.7 Å². The van der Waals surface area contributed by atoms with Crippen LogP contribution in [0.3, 0.4) is 0 Å². The largest absolute Gasteiger partial charge is 0.379 e. The van der Waals surface area contributed by atoms with Crippen molar-refractivity contribution in [2.75, 3.05) is 70.5 Å². The molecule has 2 aliphatic rings. The molecule has 2 aliphatic heterocycles. The summed E-state index contributed by atoms with van der Waals surface area (Å²) < 4.78 is 32.7. The van der Waals surface area contributed by atoms with E-state index in [2.05, 4.69) is 25.1 Å². The maximum Gasteiger partial charge on any atom is 0.252 e. The minimum atomic E-state index is -3.75. The lowest BCUT2D eigenvalue weighted by atomic mass is 10.2. The zero-order chi connectivity index (χ0) is 22.4. The Morgan fingerprint density at radius 1 is 0.969 bits per heavy atom. The van der Waals surface area contributed by atoms with Crippen molar-refractivity contribution >= 4 is 21.9 Å². The zero-order valence-electron chi connectivity index (χ0n) is 17.9. The first kappa shape index (κ1) is 22.6. The zero-order valence-corrected chi connectivity index (χ0v) is 18.7. The SMILES string of the molecule is O=C(NCCN1CCN(c2ncccn2)CC1)c1ccccc1S(=O)(=O)N1CCOCC1. The van der Waals surface area contributed by atoms with Gasteiger partial charge in [0, 0.05) is 64.8 Å². The number of piperazine rings is 1. The molecule has 2 fully saturated rings. The Kier molecular flexibility index (Phi) is 7.30. The topological polar surface area (TPSA) is 108 Å². The number of morpholine rings is 1. The quantitative estimate of drug-likeness (QED) is 0.618. The Bertz CT molecular complexity index is 1010. The highest BCUT2D eigenvalue weighted by Gasteiger charge is 2.30. The second-order valence-corrected chi connectivity index (χ2v) is 9.55. The molecule has 0 radical (unpaired) electrons. The number of benzene rings is 1. The molecular formula is C21H28N6O4S. The molecule has 1 aromatic heterocycles. The summed E-state index contributed by atoms with van der Waals surface area (Å²) in [6.45, 7) is 5.74. The molecule has 4 rings (SSSR count). The van der Waals surface area contributed by atoms with Gasteiger partial charge in [0.15, 0.2) is 0 Å². The van der Waals surface area contributed by atoms with Crippen molar-refractivity contribution in [1.29, 1.82) is 0 Å². The van der Waals surface area contributed by atoms with Crippen LogP contribution in [0.15, 0.2) is 47.6 Å². The monoisotopic (exact) mass is 460 g/mol. The van der Waals surface area contributed by atoms with Gasteiger partial charge in [-0.3, -0.25) is 9.69 Å². The fourth-order valence-corrected chi connectivity index (χ4v) is 5.45. The Morgan fingerprint density at radius 2 is 1.66 bits per heavy atom. The number of carbonyl (C=O) groups is 1. The van der Waals surface area contributed by atoms with E-state index in [-0.39, 0.29) is 29.5 Å². The van der Waals surface area contributed by atoms with E-state index >= 15 is 0 Å². The Hall–Kier alpha value is -2.60. The van der Waals surface area contributed by atoms with Gasteiger partial charge in [-0.1, -0.05) is 12.1 Å². The number of carbonyl (C=O) groups excluding carboxylic acids is 1. The molecule has 0 bridgehead atoms. The van der Waals surface area contributed by atoms with Crippen molar-refractivity contribution in [1.82, 2.24) is 24.5 Å². The molecule has 11 heteroatoms. The summed E-state index contributed by atoms with van der Waals surface area (Å²) in [4.78, 5) is 25.8.